The summed E-state index contributed by atoms with van der Waals surface area (Å²) in [5, 5.41) is 11.1. The largest absolute Gasteiger partial charge is 0.383 e. The molecule has 0 N–H and O–H groups in total. The Hall–Kier alpha value is -3.85. The van der Waals surface area contributed by atoms with Gasteiger partial charge in [0.1, 0.15) is 6.04 Å². The van der Waals surface area contributed by atoms with Crippen molar-refractivity contribution in [3.63, 3.8) is 0 Å². The van der Waals surface area contributed by atoms with Crippen molar-refractivity contribution in [2.75, 3.05) is 25.2 Å². The average molecular weight is 461 g/mol. The van der Waals surface area contributed by atoms with Crippen LogP contribution in [0.2, 0.25) is 0 Å². The lowest BCUT2D eigenvalue weighted by Crippen LogP contribution is -2.49. The van der Waals surface area contributed by atoms with Gasteiger partial charge >= 0.3 is 0 Å². The summed E-state index contributed by atoms with van der Waals surface area (Å²) in [5.41, 5.74) is 2.85. The molecule has 4 atom stereocenters. The number of carbonyl (C=O) groups is 3. The number of ketones is 1. The molecule has 0 bridgehead atoms. The lowest BCUT2D eigenvalue weighted by molar-refractivity contribution is -0.384. The van der Waals surface area contributed by atoms with Gasteiger partial charge in [0.2, 0.25) is 11.8 Å². The molecule has 3 heterocycles. The summed E-state index contributed by atoms with van der Waals surface area (Å²) >= 11 is 0. The van der Waals surface area contributed by atoms with Gasteiger partial charge in [-0.15, -0.1) is 0 Å². The molecule has 2 fully saturated rings. The Morgan fingerprint density at radius 1 is 1.06 bits per heavy atom. The summed E-state index contributed by atoms with van der Waals surface area (Å²) in [4.78, 5) is 54.4. The molecule has 0 spiro atoms. The monoisotopic (exact) mass is 461 g/mol. The molecule has 2 saturated heterocycles. The first-order valence-electron chi connectivity index (χ1n) is 11.0. The number of nitrogens with zero attached hydrogens (tertiary/aromatic N) is 3. The van der Waals surface area contributed by atoms with E-state index in [9.17, 15) is 24.5 Å². The molecule has 174 valence electrons. The van der Waals surface area contributed by atoms with Crippen LogP contribution >= 0.6 is 0 Å². The van der Waals surface area contributed by atoms with Crippen LogP contribution in [0.1, 0.15) is 22.8 Å². The first kappa shape index (κ1) is 22.0. The maximum atomic E-state index is 13.9. The van der Waals surface area contributed by atoms with Crippen molar-refractivity contribution in [3.8, 4) is 0 Å². The third-order valence-electron chi connectivity index (χ3n) is 7.00. The molecule has 0 radical (unpaired) electrons. The number of hydrogen-bond donors (Lipinski definition) is 0. The van der Waals surface area contributed by atoms with Crippen molar-refractivity contribution in [2.24, 2.45) is 11.8 Å². The van der Waals surface area contributed by atoms with E-state index in [1.54, 1.807) is 0 Å². The molecule has 34 heavy (non-hydrogen) atoms. The number of para-hydroxylation sites is 1. The Labute approximate surface area is 195 Å². The van der Waals surface area contributed by atoms with E-state index in [1.807, 2.05) is 42.2 Å². The minimum atomic E-state index is -0.911. The van der Waals surface area contributed by atoms with Crippen LogP contribution in [0.15, 0.2) is 54.6 Å². The zero-order chi connectivity index (χ0) is 24.1. The number of rotatable bonds is 6. The van der Waals surface area contributed by atoms with Gasteiger partial charge in [-0.25, -0.2) is 0 Å². The number of carbonyl (C=O) groups excluding carboxylic acids is 3. The number of non-ortho nitro benzene ring substituents is 1. The number of imide groups is 1. The van der Waals surface area contributed by atoms with Crippen molar-refractivity contribution in [1.29, 1.82) is 0 Å². The molecule has 9 nitrogen and oxygen atoms in total. The van der Waals surface area contributed by atoms with Crippen LogP contribution in [-0.2, 0) is 14.3 Å². The average Bonchev–Trinajstić information content (AvgIpc) is 3.30. The number of allylic oxidation sites excluding steroid dienone is 1. The van der Waals surface area contributed by atoms with Crippen LogP contribution in [-0.4, -0.2) is 59.8 Å². The van der Waals surface area contributed by atoms with E-state index in [0.29, 0.717) is 0 Å². The van der Waals surface area contributed by atoms with Gasteiger partial charge in [0.15, 0.2) is 5.78 Å². The van der Waals surface area contributed by atoms with E-state index in [1.165, 1.54) is 36.3 Å². The third-order valence-corrected chi connectivity index (χ3v) is 7.00. The second-order valence-corrected chi connectivity index (χ2v) is 8.75. The number of fused-ring (bicyclic) bond motifs is 5. The van der Waals surface area contributed by atoms with Gasteiger partial charge in [0, 0.05) is 36.1 Å². The number of benzene rings is 2. The van der Waals surface area contributed by atoms with Crippen molar-refractivity contribution < 1.29 is 24.0 Å². The zero-order valence-electron chi connectivity index (χ0n) is 18.7. The van der Waals surface area contributed by atoms with Gasteiger partial charge in [-0.2, -0.15) is 0 Å². The highest BCUT2D eigenvalue weighted by molar-refractivity contribution is 6.14. The lowest BCUT2D eigenvalue weighted by atomic mass is 9.85. The lowest BCUT2D eigenvalue weighted by Gasteiger charge is -2.38. The van der Waals surface area contributed by atoms with Crippen LogP contribution < -0.4 is 4.90 Å². The maximum absolute atomic E-state index is 13.9. The van der Waals surface area contributed by atoms with E-state index in [4.69, 9.17) is 4.74 Å². The van der Waals surface area contributed by atoms with Crippen LogP contribution in [0.25, 0.3) is 5.57 Å². The smallest absolute Gasteiger partial charge is 0.269 e. The molecule has 2 aromatic carbocycles. The Kier molecular flexibility index (Phi) is 5.28. The fourth-order valence-electron chi connectivity index (χ4n) is 5.48. The summed E-state index contributed by atoms with van der Waals surface area (Å²) in [6, 6.07) is 11.6. The summed E-state index contributed by atoms with van der Waals surface area (Å²) in [5.74, 6) is -2.58. The van der Waals surface area contributed by atoms with Gasteiger partial charge in [0.25, 0.3) is 5.69 Å². The normalized spacial score (nSPS) is 25.1. The number of nitro benzene ring substituents is 1. The predicted octanol–water partition coefficient (Wildman–Crippen LogP) is 2.70. The Morgan fingerprint density at radius 3 is 2.41 bits per heavy atom. The summed E-state index contributed by atoms with van der Waals surface area (Å²) < 4.78 is 5.08. The van der Waals surface area contributed by atoms with Crippen molar-refractivity contribution in [3.05, 3.63) is 75.8 Å². The van der Waals surface area contributed by atoms with E-state index in [0.717, 1.165) is 16.8 Å². The predicted molar refractivity (Wildman–Crippen MR) is 123 cm³/mol. The SMILES string of the molecule is COCCN1C(=O)[C@@H]2[C@@H](C1=O)[C@H](C(=O)c1ccc([N+](=O)[O-])cc1)N1c3ccccc3C(C)=C[C@H]21. The number of anilines is 1. The van der Waals surface area contributed by atoms with Gasteiger partial charge in [-0.1, -0.05) is 24.3 Å². The second-order valence-electron chi connectivity index (χ2n) is 8.75. The Balaban J connectivity index is 1.62. The third kappa shape index (κ3) is 3.15. The van der Waals surface area contributed by atoms with Crippen LogP contribution in [0.4, 0.5) is 11.4 Å². The first-order valence-corrected chi connectivity index (χ1v) is 11.0. The van der Waals surface area contributed by atoms with Gasteiger partial charge in [0.05, 0.1) is 36.0 Å². The summed E-state index contributed by atoms with van der Waals surface area (Å²) in [6.45, 7) is 2.30. The highest BCUT2D eigenvalue weighted by Crippen LogP contribution is 2.50. The number of amides is 2. The number of hydrogen-bond acceptors (Lipinski definition) is 7. The molecular weight excluding hydrogens is 438 g/mol. The minimum absolute atomic E-state index is 0.126. The van der Waals surface area contributed by atoms with E-state index < -0.39 is 28.8 Å². The molecule has 2 amide bonds. The molecule has 9 heteroatoms. The van der Waals surface area contributed by atoms with E-state index >= 15 is 0 Å². The molecular formula is C25H23N3O6. The standard InChI is InChI=1S/C25H23N3O6/c1-14-13-19-20-21(25(31)26(24(20)30)11-12-34-2)22(27(19)18-6-4-3-5-17(14)18)23(29)15-7-9-16(10-8-15)28(32)33/h3-10,13,19-22H,11-12H2,1-2H3/t19-,20+,21-,22-/m1/s1. The summed E-state index contributed by atoms with van der Waals surface area (Å²) in [6.07, 6.45) is 1.97. The van der Waals surface area contributed by atoms with E-state index in [-0.39, 0.29) is 42.0 Å². The van der Waals surface area contributed by atoms with Crippen molar-refractivity contribution >= 4 is 34.5 Å². The van der Waals surface area contributed by atoms with Crippen molar-refractivity contribution in [2.45, 2.75) is 19.0 Å². The Bertz CT molecular complexity index is 1240. The molecule has 0 saturated carbocycles. The quantitative estimate of drug-likeness (QED) is 0.282. The second kappa shape index (κ2) is 8.18. The summed E-state index contributed by atoms with van der Waals surface area (Å²) in [7, 11) is 1.50. The first-order chi connectivity index (χ1) is 16.3. The van der Waals surface area contributed by atoms with Gasteiger partial charge in [-0.05, 0) is 30.7 Å². The number of ether oxygens (including phenoxy) is 1. The number of nitro groups is 1. The topological polar surface area (TPSA) is 110 Å². The maximum Gasteiger partial charge on any atom is 0.269 e. The molecule has 0 aliphatic carbocycles. The number of methoxy groups -OCH3 is 1. The van der Waals surface area contributed by atoms with Crippen LogP contribution in [0, 0.1) is 22.0 Å². The van der Waals surface area contributed by atoms with Crippen molar-refractivity contribution in [1.82, 2.24) is 4.90 Å². The molecule has 3 aliphatic rings. The highest BCUT2D eigenvalue weighted by Gasteiger charge is 2.64. The molecule has 2 aromatic rings. The molecule has 0 unspecified atom stereocenters. The zero-order valence-corrected chi connectivity index (χ0v) is 18.7. The fraction of sp³-hybridized carbons (Fsp3) is 0.320. The van der Waals surface area contributed by atoms with E-state index in [2.05, 4.69) is 0 Å². The van der Waals surface area contributed by atoms with Gasteiger partial charge in [-0.3, -0.25) is 29.4 Å². The molecule has 3 aliphatic heterocycles. The van der Waals surface area contributed by atoms with Crippen LogP contribution in [0.3, 0.4) is 0 Å². The fourth-order valence-corrected chi connectivity index (χ4v) is 5.48. The Morgan fingerprint density at radius 2 is 1.74 bits per heavy atom. The number of Topliss-reactive ketones (excluding diaryl/α,β-unsaturated/α-hetero) is 1. The van der Waals surface area contributed by atoms with Crippen LogP contribution in [0.5, 0.6) is 0 Å². The highest BCUT2D eigenvalue weighted by atomic mass is 16.6. The molecule has 0 aromatic heterocycles. The molecule has 5 rings (SSSR count). The number of likely N-dealkylation sites (tertiary alicyclic amines) is 1. The minimum Gasteiger partial charge on any atom is -0.383 e. The van der Waals surface area contributed by atoms with Gasteiger partial charge < -0.3 is 9.64 Å².